The van der Waals surface area contributed by atoms with E-state index in [4.69, 9.17) is 0 Å². The molecule has 1 aliphatic rings. The molecule has 0 unspecified atom stereocenters. The minimum absolute atomic E-state index is 0.249. The zero-order chi connectivity index (χ0) is 13.5. The number of piperidine rings is 1. The van der Waals surface area contributed by atoms with E-state index in [1.54, 1.807) is 0 Å². The van der Waals surface area contributed by atoms with Gasteiger partial charge in [0.05, 0.1) is 6.54 Å². The van der Waals surface area contributed by atoms with Gasteiger partial charge >= 0.3 is 0 Å². The van der Waals surface area contributed by atoms with Crippen LogP contribution in [0.25, 0.3) is 0 Å². The molecule has 4 nitrogen and oxygen atoms in total. The van der Waals surface area contributed by atoms with Crippen molar-refractivity contribution in [1.29, 1.82) is 0 Å². The Morgan fingerprint density at radius 1 is 1.39 bits per heavy atom. The van der Waals surface area contributed by atoms with Gasteiger partial charge in [0.25, 0.3) is 0 Å². The second kappa shape index (κ2) is 7.74. The molecule has 1 aliphatic heterocycles. The number of amides is 1. The third-order valence-corrected chi connectivity index (χ3v) is 4.04. The predicted octanol–water partition coefficient (Wildman–Crippen LogP) is 1.17. The Morgan fingerprint density at radius 2 is 2.00 bits per heavy atom. The largest absolute Gasteiger partial charge is 0.342 e. The molecule has 1 rings (SSSR count). The summed E-state index contributed by atoms with van der Waals surface area (Å²) in [4.78, 5) is 16.1. The molecule has 1 saturated heterocycles. The Labute approximate surface area is 112 Å². The molecule has 0 aromatic heterocycles. The summed E-state index contributed by atoms with van der Waals surface area (Å²) in [5.74, 6) is 1.09. The molecule has 0 spiro atoms. The predicted molar refractivity (Wildman–Crippen MR) is 75.6 cm³/mol. The molecule has 0 aliphatic carbocycles. The number of nitrogens with one attached hydrogen (secondary N) is 1. The Bertz CT molecular complexity index is 247. The zero-order valence-corrected chi connectivity index (χ0v) is 12.4. The van der Waals surface area contributed by atoms with E-state index in [9.17, 15) is 4.79 Å². The molecule has 0 atom stereocenters. The highest BCUT2D eigenvalue weighted by Gasteiger charge is 2.22. The summed E-state index contributed by atoms with van der Waals surface area (Å²) < 4.78 is 0. The van der Waals surface area contributed by atoms with Crippen LogP contribution in [0, 0.1) is 5.92 Å². The molecule has 106 valence electrons. The lowest BCUT2D eigenvalue weighted by atomic mass is 9.93. The number of carbonyl (C=O) groups excluding carboxylic acids is 1. The normalized spacial score (nSPS) is 18.3. The first-order valence-corrected chi connectivity index (χ1v) is 7.17. The fourth-order valence-corrected chi connectivity index (χ4v) is 2.37. The van der Waals surface area contributed by atoms with E-state index in [1.807, 2.05) is 19.0 Å². The van der Waals surface area contributed by atoms with Gasteiger partial charge in [-0.3, -0.25) is 9.69 Å². The number of rotatable bonds is 6. The quantitative estimate of drug-likeness (QED) is 0.774. The molecule has 1 fully saturated rings. The van der Waals surface area contributed by atoms with Crippen LogP contribution in [0.15, 0.2) is 0 Å². The molecular weight excluding hydrogens is 226 g/mol. The van der Waals surface area contributed by atoms with Gasteiger partial charge < -0.3 is 10.2 Å². The summed E-state index contributed by atoms with van der Waals surface area (Å²) in [5.41, 5.74) is 0. The van der Waals surface area contributed by atoms with Gasteiger partial charge in [0.2, 0.25) is 5.91 Å². The topological polar surface area (TPSA) is 35.6 Å². The number of hydrogen-bond acceptors (Lipinski definition) is 3. The van der Waals surface area contributed by atoms with Crippen LogP contribution in [0.2, 0.25) is 0 Å². The lowest BCUT2D eigenvalue weighted by molar-refractivity contribution is -0.132. The first-order valence-electron chi connectivity index (χ1n) is 7.17. The van der Waals surface area contributed by atoms with Crippen LogP contribution < -0.4 is 5.32 Å². The Balaban J connectivity index is 2.25. The molecule has 1 amide bonds. The van der Waals surface area contributed by atoms with E-state index in [0.29, 0.717) is 12.6 Å². The van der Waals surface area contributed by atoms with E-state index < -0.39 is 0 Å². The van der Waals surface area contributed by atoms with E-state index in [1.165, 1.54) is 19.3 Å². The lowest BCUT2D eigenvalue weighted by Gasteiger charge is -2.33. The molecular formula is C14H29N3O. The van der Waals surface area contributed by atoms with Crippen LogP contribution in [0.5, 0.6) is 0 Å². The van der Waals surface area contributed by atoms with Crippen LogP contribution in [0.4, 0.5) is 0 Å². The maximum absolute atomic E-state index is 12.0. The molecule has 0 saturated carbocycles. The van der Waals surface area contributed by atoms with E-state index in [2.05, 4.69) is 24.1 Å². The average molecular weight is 255 g/mol. The van der Waals surface area contributed by atoms with Gasteiger partial charge in [-0.25, -0.2) is 0 Å². The highest BCUT2D eigenvalue weighted by Crippen LogP contribution is 2.19. The monoisotopic (exact) mass is 255 g/mol. The molecule has 0 aromatic carbocycles. The van der Waals surface area contributed by atoms with Crippen LogP contribution in [-0.4, -0.2) is 62.0 Å². The number of likely N-dealkylation sites (N-methyl/N-ethyl adjacent to an activating group) is 1. The molecule has 4 heteroatoms. The summed E-state index contributed by atoms with van der Waals surface area (Å²) in [5, 5.41) is 3.21. The molecule has 0 bridgehead atoms. The second-order valence-electron chi connectivity index (χ2n) is 5.71. The first kappa shape index (κ1) is 15.4. The molecule has 1 heterocycles. The van der Waals surface area contributed by atoms with Gasteiger partial charge in [0.1, 0.15) is 0 Å². The minimum atomic E-state index is 0.249. The molecule has 0 aromatic rings. The van der Waals surface area contributed by atoms with Crippen molar-refractivity contribution in [2.24, 2.45) is 5.92 Å². The first-order chi connectivity index (χ1) is 8.54. The third kappa shape index (κ3) is 4.94. The third-order valence-electron chi connectivity index (χ3n) is 4.04. The van der Waals surface area contributed by atoms with Gasteiger partial charge in [-0.15, -0.1) is 0 Å². The van der Waals surface area contributed by atoms with Crippen LogP contribution in [-0.2, 0) is 4.79 Å². The van der Waals surface area contributed by atoms with Crippen molar-refractivity contribution in [3.63, 3.8) is 0 Å². The van der Waals surface area contributed by atoms with Crippen molar-refractivity contribution in [2.75, 3.05) is 40.3 Å². The van der Waals surface area contributed by atoms with Gasteiger partial charge in [-0.1, -0.05) is 0 Å². The van der Waals surface area contributed by atoms with Gasteiger partial charge in [-0.2, -0.15) is 0 Å². The van der Waals surface area contributed by atoms with Crippen molar-refractivity contribution in [1.82, 2.24) is 15.1 Å². The number of likely N-dealkylation sites (tertiary alicyclic amines) is 1. The number of carbonyl (C=O) groups is 1. The van der Waals surface area contributed by atoms with Crippen molar-refractivity contribution in [3.05, 3.63) is 0 Å². The Kier molecular flexibility index (Phi) is 6.65. The number of nitrogens with zero attached hydrogens (tertiary/aromatic N) is 2. The van der Waals surface area contributed by atoms with Crippen molar-refractivity contribution in [3.8, 4) is 0 Å². The summed E-state index contributed by atoms with van der Waals surface area (Å²) >= 11 is 0. The smallest absolute Gasteiger partial charge is 0.236 e. The summed E-state index contributed by atoms with van der Waals surface area (Å²) in [6, 6.07) is 0.297. The summed E-state index contributed by atoms with van der Waals surface area (Å²) in [6.07, 6.45) is 3.74. The summed E-state index contributed by atoms with van der Waals surface area (Å²) in [7, 11) is 3.90. The van der Waals surface area contributed by atoms with E-state index >= 15 is 0 Å². The van der Waals surface area contributed by atoms with Crippen molar-refractivity contribution < 1.29 is 4.79 Å². The fourth-order valence-electron chi connectivity index (χ4n) is 2.37. The standard InChI is InChI=1S/C14H29N3O/c1-12(2)16(4)14(18)11-17-9-6-13(7-10-17)5-8-15-3/h12-13,15H,5-11H2,1-4H3. The second-order valence-corrected chi connectivity index (χ2v) is 5.71. The summed E-state index contributed by atoms with van der Waals surface area (Å²) in [6.45, 7) is 7.97. The molecule has 18 heavy (non-hydrogen) atoms. The van der Waals surface area contributed by atoms with E-state index in [-0.39, 0.29) is 5.91 Å². The van der Waals surface area contributed by atoms with Crippen molar-refractivity contribution in [2.45, 2.75) is 39.2 Å². The zero-order valence-electron chi connectivity index (χ0n) is 12.4. The average Bonchev–Trinajstić information content (AvgIpc) is 2.36. The van der Waals surface area contributed by atoms with E-state index in [0.717, 1.165) is 25.6 Å². The minimum Gasteiger partial charge on any atom is -0.342 e. The Morgan fingerprint density at radius 3 is 2.50 bits per heavy atom. The van der Waals surface area contributed by atoms with Crippen molar-refractivity contribution >= 4 is 5.91 Å². The van der Waals surface area contributed by atoms with Crippen LogP contribution >= 0.6 is 0 Å². The van der Waals surface area contributed by atoms with Gasteiger partial charge in [0, 0.05) is 13.1 Å². The maximum Gasteiger partial charge on any atom is 0.236 e. The van der Waals surface area contributed by atoms with Crippen LogP contribution in [0.1, 0.15) is 33.1 Å². The van der Waals surface area contributed by atoms with Gasteiger partial charge in [-0.05, 0) is 65.7 Å². The lowest BCUT2D eigenvalue weighted by Crippen LogP contribution is -2.44. The maximum atomic E-state index is 12.0. The number of hydrogen-bond donors (Lipinski definition) is 1. The Hall–Kier alpha value is -0.610. The fraction of sp³-hybridized carbons (Fsp3) is 0.929. The van der Waals surface area contributed by atoms with Gasteiger partial charge in [0.15, 0.2) is 0 Å². The van der Waals surface area contributed by atoms with Crippen LogP contribution in [0.3, 0.4) is 0 Å². The molecule has 1 N–H and O–H groups in total. The highest BCUT2D eigenvalue weighted by molar-refractivity contribution is 5.78. The molecule has 0 radical (unpaired) electrons. The highest BCUT2D eigenvalue weighted by atomic mass is 16.2. The SMILES string of the molecule is CNCCC1CCN(CC(=O)N(C)C(C)C)CC1.